The van der Waals surface area contributed by atoms with Gasteiger partial charge in [-0.15, -0.1) is 0 Å². The minimum atomic E-state index is -0.348. The van der Waals surface area contributed by atoms with Crippen LogP contribution in [0.25, 0.3) is 11.0 Å². The molecule has 2 amide bonds. The number of amides is 2. The lowest BCUT2D eigenvalue weighted by molar-refractivity contribution is -0.132. The van der Waals surface area contributed by atoms with E-state index in [1.54, 1.807) is 25.0 Å². The normalized spacial score (nSPS) is 17.2. The van der Waals surface area contributed by atoms with Crippen molar-refractivity contribution < 1.29 is 18.4 Å². The number of benzene rings is 1. The second-order valence-electron chi connectivity index (χ2n) is 9.43. The van der Waals surface area contributed by atoms with E-state index in [0.717, 1.165) is 24.8 Å². The maximum Gasteiger partial charge on any atom is 0.289 e. The number of furan rings is 1. The number of carbonyl (C=O) groups is 2. The van der Waals surface area contributed by atoms with Crippen molar-refractivity contribution in [3.05, 3.63) is 53.3 Å². The van der Waals surface area contributed by atoms with Gasteiger partial charge >= 0.3 is 0 Å². The zero-order valence-electron chi connectivity index (χ0n) is 20.4. The minimum absolute atomic E-state index is 0.0611. The van der Waals surface area contributed by atoms with Crippen LogP contribution < -0.4 is 0 Å². The first-order valence-corrected chi connectivity index (χ1v) is 12.0. The maximum absolute atomic E-state index is 15.8. The van der Waals surface area contributed by atoms with Crippen LogP contribution in [-0.2, 0) is 11.3 Å². The van der Waals surface area contributed by atoms with Crippen molar-refractivity contribution in [2.24, 2.45) is 0 Å². The van der Waals surface area contributed by atoms with Crippen LogP contribution in [0.15, 0.2) is 35.0 Å². The number of hydrogen-bond donors (Lipinski definition) is 0. The third-order valence-electron chi connectivity index (χ3n) is 6.88. The summed E-state index contributed by atoms with van der Waals surface area (Å²) >= 11 is 0. The Morgan fingerprint density at radius 3 is 2.79 bits per heavy atom. The van der Waals surface area contributed by atoms with E-state index in [1.165, 1.54) is 11.0 Å². The van der Waals surface area contributed by atoms with Gasteiger partial charge in [0.15, 0.2) is 5.76 Å². The van der Waals surface area contributed by atoms with E-state index >= 15 is 4.39 Å². The van der Waals surface area contributed by atoms with Crippen LogP contribution >= 0.6 is 0 Å². The summed E-state index contributed by atoms with van der Waals surface area (Å²) in [5, 5.41) is 4.50. The van der Waals surface area contributed by atoms with Crippen LogP contribution in [0.5, 0.6) is 0 Å². The Morgan fingerprint density at radius 2 is 2.12 bits per heavy atom. The van der Waals surface area contributed by atoms with Crippen molar-refractivity contribution >= 4 is 22.8 Å². The molecule has 1 aliphatic heterocycles. The first-order valence-electron chi connectivity index (χ1n) is 12.0. The Hall–Kier alpha value is -3.16. The largest absolute Gasteiger partial charge is 0.450 e. The SMILES string of the molecule is CCC(C)c1cc([C@@H]2CCCN(C(=O)CCn3cccn3)C2)c(F)c2cc(C(=O)N(C)C)oc12. The minimum Gasteiger partial charge on any atom is -0.450 e. The van der Waals surface area contributed by atoms with Gasteiger partial charge < -0.3 is 14.2 Å². The summed E-state index contributed by atoms with van der Waals surface area (Å²) in [4.78, 5) is 28.6. The van der Waals surface area contributed by atoms with E-state index in [-0.39, 0.29) is 35.2 Å². The zero-order chi connectivity index (χ0) is 24.4. The summed E-state index contributed by atoms with van der Waals surface area (Å²) in [7, 11) is 3.29. The van der Waals surface area contributed by atoms with Gasteiger partial charge in [0.1, 0.15) is 11.4 Å². The fourth-order valence-electron chi connectivity index (χ4n) is 4.69. The molecule has 1 fully saturated rings. The lowest BCUT2D eigenvalue weighted by Crippen LogP contribution is -2.39. The Morgan fingerprint density at radius 1 is 1.32 bits per heavy atom. The second kappa shape index (κ2) is 9.99. The molecule has 7 nitrogen and oxygen atoms in total. The average Bonchev–Trinajstić information content (AvgIpc) is 3.52. The molecule has 0 saturated carbocycles. The number of hydrogen-bond acceptors (Lipinski definition) is 4. The van der Waals surface area contributed by atoms with E-state index in [1.807, 2.05) is 23.2 Å². The second-order valence-corrected chi connectivity index (χ2v) is 9.43. The van der Waals surface area contributed by atoms with Gasteiger partial charge in [-0.3, -0.25) is 14.3 Å². The highest BCUT2D eigenvalue weighted by Crippen LogP contribution is 2.38. The molecule has 2 atom stereocenters. The van der Waals surface area contributed by atoms with Crippen LogP contribution in [0.4, 0.5) is 4.39 Å². The Balaban J connectivity index is 1.63. The molecule has 3 heterocycles. The molecule has 0 aliphatic carbocycles. The summed E-state index contributed by atoms with van der Waals surface area (Å²) in [6.45, 7) is 5.86. The molecular formula is C26H33FN4O3. The quantitative estimate of drug-likeness (QED) is 0.500. The molecule has 0 N–H and O–H groups in total. The molecule has 1 aliphatic rings. The number of likely N-dealkylation sites (tertiary alicyclic amines) is 1. The van der Waals surface area contributed by atoms with Crippen LogP contribution in [0.1, 0.15) is 73.0 Å². The molecule has 4 rings (SSSR count). The fraction of sp³-hybridized carbons (Fsp3) is 0.500. The summed E-state index contributed by atoms with van der Waals surface area (Å²) in [5.41, 5.74) is 1.97. The lowest BCUT2D eigenvalue weighted by Gasteiger charge is -2.33. The van der Waals surface area contributed by atoms with E-state index in [4.69, 9.17) is 4.42 Å². The highest BCUT2D eigenvalue weighted by Gasteiger charge is 2.30. The van der Waals surface area contributed by atoms with Gasteiger partial charge in [0.25, 0.3) is 5.91 Å². The predicted molar refractivity (Wildman–Crippen MR) is 128 cm³/mol. The molecule has 0 radical (unpaired) electrons. The zero-order valence-corrected chi connectivity index (χ0v) is 20.4. The number of carbonyl (C=O) groups excluding carboxylic acids is 2. The molecule has 0 bridgehead atoms. The van der Waals surface area contributed by atoms with Crippen molar-refractivity contribution in [1.82, 2.24) is 19.6 Å². The number of piperidine rings is 1. The number of aromatic nitrogens is 2. The Labute approximate surface area is 199 Å². The van der Waals surface area contributed by atoms with E-state index in [2.05, 4.69) is 18.9 Å². The number of fused-ring (bicyclic) bond motifs is 1. The molecule has 1 unspecified atom stereocenters. The van der Waals surface area contributed by atoms with Crippen LogP contribution in [0, 0.1) is 5.82 Å². The van der Waals surface area contributed by atoms with Crippen molar-refractivity contribution in [3.63, 3.8) is 0 Å². The average molecular weight is 469 g/mol. The lowest BCUT2D eigenvalue weighted by atomic mass is 9.85. The van der Waals surface area contributed by atoms with Crippen molar-refractivity contribution in [2.75, 3.05) is 27.2 Å². The van der Waals surface area contributed by atoms with Crippen LogP contribution in [0.2, 0.25) is 0 Å². The summed E-state index contributed by atoms with van der Waals surface area (Å²) in [6.07, 6.45) is 6.40. The number of nitrogens with zero attached hydrogens (tertiary/aromatic N) is 4. The smallest absolute Gasteiger partial charge is 0.289 e. The summed E-state index contributed by atoms with van der Waals surface area (Å²) < 4.78 is 23.5. The first kappa shape index (κ1) is 24.0. The molecule has 1 saturated heterocycles. The van der Waals surface area contributed by atoms with Gasteiger partial charge in [0.05, 0.1) is 5.39 Å². The molecule has 8 heteroatoms. The standard InChI is InChI=1S/C26H33FN4O3/c1-5-17(2)19-14-20(24(27)21-15-22(34-25(19)21)26(33)29(3)4)18-8-6-11-30(16-18)23(32)9-13-31-12-7-10-28-31/h7,10,12,14-15,17-18H,5-6,8-9,11,13,16H2,1-4H3/t17?,18-/m1/s1. The van der Waals surface area contributed by atoms with Crippen molar-refractivity contribution in [1.29, 1.82) is 0 Å². The molecule has 34 heavy (non-hydrogen) atoms. The van der Waals surface area contributed by atoms with E-state index in [0.29, 0.717) is 42.6 Å². The van der Waals surface area contributed by atoms with E-state index in [9.17, 15) is 9.59 Å². The number of halogens is 1. The topological polar surface area (TPSA) is 71.6 Å². The molecule has 2 aromatic heterocycles. The Kier molecular flexibility index (Phi) is 7.05. The van der Waals surface area contributed by atoms with Gasteiger partial charge in [-0.2, -0.15) is 5.10 Å². The van der Waals surface area contributed by atoms with Crippen molar-refractivity contribution in [2.45, 2.75) is 57.9 Å². The number of aryl methyl sites for hydroxylation is 1. The monoisotopic (exact) mass is 468 g/mol. The highest BCUT2D eigenvalue weighted by atomic mass is 19.1. The molecule has 3 aromatic rings. The van der Waals surface area contributed by atoms with Crippen LogP contribution in [0.3, 0.4) is 0 Å². The third-order valence-corrected chi connectivity index (χ3v) is 6.88. The summed E-state index contributed by atoms with van der Waals surface area (Å²) in [5.74, 6) is -0.396. The number of rotatable bonds is 7. The van der Waals surface area contributed by atoms with Gasteiger partial charge in [0.2, 0.25) is 5.91 Å². The van der Waals surface area contributed by atoms with Gasteiger partial charge in [0, 0.05) is 64.5 Å². The molecular weight excluding hydrogens is 435 g/mol. The third kappa shape index (κ3) is 4.72. The summed E-state index contributed by atoms with van der Waals surface area (Å²) in [6, 6.07) is 5.27. The first-order chi connectivity index (χ1) is 16.3. The highest BCUT2D eigenvalue weighted by molar-refractivity contribution is 5.97. The molecule has 182 valence electrons. The molecule has 1 aromatic carbocycles. The van der Waals surface area contributed by atoms with Gasteiger partial charge in [-0.25, -0.2) is 4.39 Å². The predicted octanol–water partition coefficient (Wildman–Crippen LogP) is 4.78. The van der Waals surface area contributed by atoms with Crippen LogP contribution in [-0.4, -0.2) is 58.6 Å². The van der Waals surface area contributed by atoms with E-state index < -0.39 is 0 Å². The fourth-order valence-corrected chi connectivity index (χ4v) is 4.69. The van der Waals surface area contributed by atoms with Gasteiger partial charge in [-0.1, -0.05) is 13.8 Å². The maximum atomic E-state index is 15.8. The van der Waals surface area contributed by atoms with Gasteiger partial charge in [-0.05, 0) is 48.4 Å². The molecule has 0 spiro atoms. The Bertz CT molecular complexity index is 1170. The van der Waals surface area contributed by atoms with Crippen molar-refractivity contribution in [3.8, 4) is 0 Å².